The van der Waals surface area contributed by atoms with E-state index >= 15 is 0 Å². The first-order valence-electron chi connectivity index (χ1n) is 7.48. The largest absolute Gasteiger partial charge is 0.368 e. The van der Waals surface area contributed by atoms with Crippen LogP contribution in [0.4, 0.5) is 5.82 Å². The first kappa shape index (κ1) is 13.8. The summed E-state index contributed by atoms with van der Waals surface area (Å²) < 4.78 is 0. The van der Waals surface area contributed by atoms with Crippen molar-refractivity contribution in [1.82, 2.24) is 9.97 Å². The third kappa shape index (κ3) is 2.40. The zero-order chi connectivity index (χ0) is 14.1. The number of hydrogen-bond donors (Lipinski definition) is 2. The number of fused-ring (bicyclic) bond motifs is 3. The first-order chi connectivity index (χ1) is 9.72. The fourth-order valence-corrected chi connectivity index (χ4v) is 4.26. The SMILES string of the molecule is CCc1nc(NCCN)c2c3c(sc2n1)C[C@@H](C)CC3. The predicted octanol–water partition coefficient (Wildman–Crippen LogP) is 2.75. The minimum atomic E-state index is 0.621. The summed E-state index contributed by atoms with van der Waals surface area (Å²) in [6.07, 6.45) is 4.48. The van der Waals surface area contributed by atoms with Crippen molar-refractivity contribution in [2.45, 2.75) is 39.5 Å². The predicted molar refractivity (Wildman–Crippen MR) is 85.5 cm³/mol. The van der Waals surface area contributed by atoms with Crippen LogP contribution >= 0.6 is 11.3 Å². The molecule has 1 aliphatic carbocycles. The van der Waals surface area contributed by atoms with E-state index in [9.17, 15) is 0 Å². The standard InChI is InChI=1S/C15H22N4S/c1-3-12-18-14(17-7-6-16)13-10-5-4-9(2)8-11(10)20-15(13)19-12/h9H,3-8,16H2,1-2H3,(H,17,18,19)/t9-/m0/s1. The highest BCUT2D eigenvalue weighted by Gasteiger charge is 2.23. The van der Waals surface area contributed by atoms with Crippen molar-refractivity contribution in [2.75, 3.05) is 18.4 Å². The Kier molecular flexibility index (Phi) is 3.89. The van der Waals surface area contributed by atoms with Gasteiger partial charge in [0.25, 0.3) is 0 Å². The van der Waals surface area contributed by atoms with Crippen LogP contribution in [0.2, 0.25) is 0 Å². The fraction of sp³-hybridized carbons (Fsp3) is 0.600. The van der Waals surface area contributed by atoms with Gasteiger partial charge in [-0.2, -0.15) is 0 Å². The molecule has 0 spiro atoms. The van der Waals surface area contributed by atoms with E-state index in [-0.39, 0.29) is 0 Å². The Labute approximate surface area is 123 Å². The molecule has 2 aromatic rings. The molecule has 0 fully saturated rings. The molecule has 0 radical (unpaired) electrons. The second-order valence-electron chi connectivity index (χ2n) is 5.59. The molecule has 3 rings (SSSR count). The second-order valence-corrected chi connectivity index (χ2v) is 6.67. The summed E-state index contributed by atoms with van der Waals surface area (Å²) in [4.78, 5) is 12.1. The summed E-state index contributed by atoms with van der Waals surface area (Å²) in [6, 6.07) is 0. The van der Waals surface area contributed by atoms with Crippen molar-refractivity contribution in [2.24, 2.45) is 11.7 Å². The molecule has 1 aliphatic rings. The average molecular weight is 290 g/mol. The average Bonchev–Trinajstić information content (AvgIpc) is 2.81. The Morgan fingerprint density at radius 3 is 3.00 bits per heavy atom. The minimum Gasteiger partial charge on any atom is -0.368 e. The minimum absolute atomic E-state index is 0.621. The summed E-state index contributed by atoms with van der Waals surface area (Å²) in [6.45, 7) is 5.82. The molecule has 0 amide bonds. The number of thiophene rings is 1. The molecule has 0 aliphatic heterocycles. The highest BCUT2D eigenvalue weighted by Crippen LogP contribution is 2.39. The molecule has 4 nitrogen and oxygen atoms in total. The van der Waals surface area contributed by atoms with Gasteiger partial charge in [0.15, 0.2) is 0 Å². The van der Waals surface area contributed by atoms with E-state index in [1.165, 1.54) is 28.7 Å². The van der Waals surface area contributed by atoms with E-state index in [1.807, 2.05) is 11.3 Å². The maximum absolute atomic E-state index is 5.62. The van der Waals surface area contributed by atoms with Crippen LogP contribution in [0.15, 0.2) is 0 Å². The number of nitrogens with zero attached hydrogens (tertiary/aromatic N) is 2. The van der Waals surface area contributed by atoms with E-state index < -0.39 is 0 Å². The summed E-state index contributed by atoms with van der Waals surface area (Å²) in [5.74, 6) is 2.70. The number of aromatic nitrogens is 2. The normalized spacial score (nSPS) is 18.2. The van der Waals surface area contributed by atoms with Crippen LogP contribution in [0.5, 0.6) is 0 Å². The second kappa shape index (κ2) is 5.66. The van der Waals surface area contributed by atoms with Gasteiger partial charge < -0.3 is 11.1 Å². The molecule has 3 N–H and O–H groups in total. The molecule has 0 saturated heterocycles. The molecular formula is C15H22N4S. The molecule has 2 aromatic heterocycles. The van der Waals surface area contributed by atoms with Crippen molar-refractivity contribution >= 4 is 27.4 Å². The van der Waals surface area contributed by atoms with Crippen molar-refractivity contribution in [1.29, 1.82) is 0 Å². The van der Waals surface area contributed by atoms with Gasteiger partial charge in [-0.25, -0.2) is 9.97 Å². The van der Waals surface area contributed by atoms with E-state index in [4.69, 9.17) is 10.7 Å². The van der Waals surface area contributed by atoms with Gasteiger partial charge in [0, 0.05) is 24.4 Å². The Hall–Kier alpha value is -1.20. The van der Waals surface area contributed by atoms with Crippen LogP contribution in [-0.2, 0) is 19.3 Å². The quantitative estimate of drug-likeness (QED) is 0.909. The maximum Gasteiger partial charge on any atom is 0.138 e. The van der Waals surface area contributed by atoms with Gasteiger partial charge >= 0.3 is 0 Å². The maximum atomic E-state index is 5.62. The van der Waals surface area contributed by atoms with Crippen molar-refractivity contribution in [3.05, 3.63) is 16.3 Å². The number of hydrogen-bond acceptors (Lipinski definition) is 5. The lowest BCUT2D eigenvalue weighted by Gasteiger charge is -2.18. The van der Waals surface area contributed by atoms with Crippen LogP contribution in [0.25, 0.3) is 10.2 Å². The van der Waals surface area contributed by atoms with Gasteiger partial charge in [0.1, 0.15) is 16.5 Å². The van der Waals surface area contributed by atoms with Gasteiger partial charge in [-0.1, -0.05) is 13.8 Å². The summed E-state index contributed by atoms with van der Waals surface area (Å²) in [5, 5.41) is 4.64. The van der Waals surface area contributed by atoms with Crippen LogP contribution in [0.3, 0.4) is 0 Å². The van der Waals surface area contributed by atoms with Crippen molar-refractivity contribution < 1.29 is 0 Å². The van der Waals surface area contributed by atoms with Gasteiger partial charge in [-0.05, 0) is 30.7 Å². The first-order valence-corrected chi connectivity index (χ1v) is 8.29. The van der Waals surface area contributed by atoms with Gasteiger partial charge in [0.05, 0.1) is 5.39 Å². The van der Waals surface area contributed by atoms with Crippen molar-refractivity contribution in [3.63, 3.8) is 0 Å². The summed E-state index contributed by atoms with van der Waals surface area (Å²) >= 11 is 1.86. The molecule has 2 heterocycles. The fourth-order valence-electron chi connectivity index (χ4n) is 2.86. The molecule has 0 aromatic carbocycles. The Morgan fingerprint density at radius 1 is 1.40 bits per heavy atom. The van der Waals surface area contributed by atoms with E-state index in [0.717, 1.165) is 41.8 Å². The highest BCUT2D eigenvalue weighted by molar-refractivity contribution is 7.19. The number of aryl methyl sites for hydroxylation is 2. The molecule has 20 heavy (non-hydrogen) atoms. The molecule has 108 valence electrons. The lowest BCUT2D eigenvalue weighted by Crippen LogP contribution is -2.15. The van der Waals surface area contributed by atoms with E-state index in [0.29, 0.717) is 6.54 Å². The lowest BCUT2D eigenvalue weighted by atomic mass is 9.89. The van der Waals surface area contributed by atoms with Crippen LogP contribution < -0.4 is 11.1 Å². The van der Waals surface area contributed by atoms with Crippen molar-refractivity contribution in [3.8, 4) is 0 Å². The van der Waals surface area contributed by atoms with Gasteiger partial charge in [0.2, 0.25) is 0 Å². The molecule has 1 atom stereocenters. The molecular weight excluding hydrogens is 268 g/mol. The number of nitrogens with two attached hydrogens (primary N) is 1. The number of rotatable bonds is 4. The molecule has 0 saturated carbocycles. The summed E-state index contributed by atoms with van der Waals surface area (Å²) in [7, 11) is 0. The van der Waals surface area contributed by atoms with Crippen LogP contribution in [0, 0.1) is 5.92 Å². The third-order valence-corrected chi connectivity index (χ3v) is 5.10. The molecule has 0 bridgehead atoms. The van der Waals surface area contributed by atoms with Crippen LogP contribution in [0.1, 0.15) is 36.5 Å². The Morgan fingerprint density at radius 2 is 2.25 bits per heavy atom. The molecule has 0 unspecified atom stereocenters. The summed E-state index contributed by atoms with van der Waals surface area (Å²) in [5.41, 5.74) is 7.10. The van der Waals surface area contributed by atoms with E-state index in [1.54, 1.807) is 0 Å². The van der Waals surface area contributed by atoms with Gasteiger partial charge in [-0.15, -0.1) is 11.3 Å². The van der Waals surface area contributed by atoms with Crippen LogP contribution in [-0.4, -0.2) is 23.1 Å². The molecule has 5 heteroatoms. The monoisotopic (exact) mass is 290 g/mol. The number of nitrogens with one attached hydrogen (secondary N) is 1. The number of anilines is 1. The zero-order valence-corrected chi connectivity index (χ0v) is 13.0. The van der Waals surface area contributed by atoms with Gasteiger partial charge in [-0.3, -0.25) is 0 Å². The highest BCUT2D eigenvalue weighted by atomic mass is 32.1. The zero-order valence-electron chi connectivity index (χ0n) is 12.2. The third-order valence-electron chi connectivity index (χ3n) is 3.95. The smallest absolute Gasteiger partial charge is 0.138 e. The van der Waals surface area contributed by atoms with E-state index in [2.05, 4.69) is 24.1 Å². The topological polar surface area (TPSA) is 63.8 Å². The Balaban J connectivity index is 2.13. The lowest BCUT2D eigenvalue weighted by molar-refractivity contribution is 0.509. The Bertz CT molecular complexity index is 620.